The van der Waals surface area contributed by atoms with Crippen LogP contribution in [0.4, 0.5) is 4.79 Å². The molecule has 0 saturated heterocycles. The standard InChI is InChI=1S/C11H19NO4/c1-6-7(2)8(9(13)14)12-10(15)16-11(3,4)5/h6-8H,1H2,2-5H3,(H,12,15)(H,13,14)/t7-,8+/m0/s1. The van der Waals surface area contributed by atoms with E-state index in [2.05, 4.69) is 11.9 Å². The zero-order valence-electron chi connectivity index (χ0n) is 10.1. The SMILES string of the molecule is C=C[C@H](C)[C@@H](NC(=O)OC(C)(C)C)C(=O)O. The molecule has 0 aliphatic heterocycles. The maximum atomic E-state index is 11.4. The molecule has 0 saturated carbocycles. The molecule has 0 fully saturated rings. The lowest BCUT2D eigenvalue weighted by Crippen LogP contribution is -2.46. The lowest BCUT2D eigenvalue weighted by atomic mass is 10.0. The molecule has 0 aromatic carbocycles. The highest BCUT2D eigenvalue weighted by Crippen LogP contribution is 2.09. The van der Waals surface area contributed by atoms with Gasteiger partial charge >= 0.3 is 12.1 Å². The summed E-state index contributed by atoms with van der Waals surface area (Å²) in [5, 5.41) is 11.2. The minimum atomic E-state index is -1.11. The van der Waals surface area contributed by atoms with Crippen LogP contribution in [0.3, 0.4) is 0 Å². The Morgan fingerprint density at radius 1 is 1.44 bits per heavy atom. The van der Waals surface area contributed by atoms with E-state index in [1.54, 1.807) is 27.7 Å². The fraction of sp³-hybridized carbons (Fsp3) is 0.636. The Bertz CT molecular complexity index is 280. The second-order valence-electron chi connectivity index (χ2n) is 4.56. The normalized spacial score (nSPS) is 14.8. The molecular formula is C11H19NO4. The predicted molar refractivity (Wildman–Crippen MR) is 60.2 cm³/mol. The molecular weight excluding hydrogens is 210 g/mol. The number of carboxylic acids is 1. The van der Waals surface area contributed by atoms with E-state index in [0.717, 1.165) is 0 Å². The van der Waals surface area contributed by atoms with Gasteiger partial charge < -0.3 is 15.2 Å². The Balaban J connectivity index is 4.47. The van der Waals surface area contributed by atoms with Crippen molar-refractivity contribution in [2.75, 3.05) is 0 Å². The molecule has 0 aliphatic carbocycles. The molecule has 0 aromatic rings. The number of amides is 1. The summed E-state index contributed by atoms with van der Waals surface area (Å²) in [4.78, 5) is 22.2. The number of rotatable bonds is 4. The molecule has 5 heteroatoms. The second-order valence-corrected chi connectivity index (χ2v) is 4.56. The van der Waals surface area contributed by atoms with Gasteiger partial charge in [0, 0.05) is 5.92 Å². The quantitative estimate of drug-likeness (QED) is 0.720. The first-order valence-corrected chi connectivity index (χ1v) is 5.02. The summed E-state index contributed by atoms with van der Waals surface area (Å²) in [6.45, 7) is 10.3. The van der Waals surface area contributed by atoms with Crippen LogP contribution in [0.25, 0.3) is 0 Å². The summed E-state index contributed by atoms with van der Waals surface area (Å²) in [5.74, 6) is -1.48. The third kappa shape index (κ3) is 5.38. The van der Waals surface area contributed by atoms with Crippen LogP contribution >= 0.6 is 0 Å². The van der Waals surface area contributed by atoms with Gasteiger partial charge in [-0.1, -0.05) is 13.0 Å². The van der Waals surface area contributed by atoms with Gasteiger partial charge in [-0.05, 0) is 20.8 Å². The van der Waals surface area contributed by atoms with Crippen molar-refractivity contribution in [2.24, 2.45) is 5.92 Å². The summed E-state index contributed by atoms with van der Waals surface area (Å²) < 4.78 is 4.97. The molecule has 0 bridgehead atoms. The first-order chi connectivity index (χ1) is 7.17. The average Bonchev–Trinajstić information content (AvgIpc) is 2.09. The average molecular weight is 229 g/mol. The molecule has 0 aromatic heterocycles. The Hall–Kier alpha value is -1.52. The van der Waals surface area contributed by atoms with E-state index >= 15 is 0 Å². The van der Waals surface area contributed by atoms with Crippen LogP contribution in [0.2, 0.25) is 0 Å². The van der Waals surface area contributed by atoms with Crippen molar-refractivity contribution in [3.05, 3.63) is 12.7 Å². The molecule has 92 valence electrons. The van der Waals surface area contributed by atoms with Crippen LogP contribution < -0.4 is 5.32 Å². The van der Waals surface area contributed by atoms with E-state index in [9.17, 15) is 9.59 Å². The highest BCUT2D eigenvalue weighted by molar-refractivity contribution is 5.80. The Kier molecular flexibility index (Phi) is 5.01. The van der Waals surface area contributed by atoms with E-state index in [1.165, 1.54) is 6.08 Å². The van der Waals surface area contributed by atoms with Gasteiger partial charge in [-0.15, -0.1) is 6.58 Å². The number of aliphatic carboxylic acids is 1. The van der Waals surface area contributed by atoms with Crippen molar-refractivity contribution in [3.63, 3.8) is 0 Å². The van der Waals surface area contributed by atoms with E-state index in [4.69, 9.17) is 9.84 Å². The van der Waals surface area contributed by atoms with Crippen molar-refractivity contribution in [1.29, 1.82) is 0 Å². The molecule has 2 atom stereocenters. The third-order valence-electron chi connectivity index (χ3n) is 1.84. The lowest BCUT2D eigenvalue weighted by molar-refractivity contribution is -0.140. The van der Waals surface area contributed by atoms with Gasteiger partial charge in [0.15, 0.2) is 0 Å². The highest BCUT2D eigenvalue weighted by atomic mass is 16.6. The molecule has 0 aliphatic rings. The molecule has 0 spiro atoms. The monoisotopic (exact) mass is 229 g/mol. The smallest absolute Gasteiger partial charge is 0.408 e. The van der Waals surface area contributed by atoms with Crippen molar-refractivity contribution >= 4 is 12.1 Å². The van der Waals surface area contributed by atoms with Gasteiger partial charge in [-0.3, -0.25) is 0 Å². The van der Waals surface area contributed by atoms with Gasteiger partial charge in [-0.25, -0.2) is 9.59 Å². The summed E-state index contributed by atoms with van der Waals surface area (Å²) in [6, 6.07) is -1.02. The second kappa shape index (κ2) is 5.53. The highest BCUT2D eigenvalue weighted by Gasteiger charge is 2.27. The summed E-state index contributed by atoms with van der Waals surface area (Å²) in [7, 11) is 0. The van der Waals surface area contributed by atoms with Crippen molar-refractivity contribution in [2.45, 2.75) is 39.3 Å². The fourth-order valence-corrected chi connectivity index (χ4v) is 0.989. The number of carboxylic acid groups (broad SMARTS) is 1. The number of carbonyl (C=O) groups is 2. The van der Waals surface area contributed by atoms with E-state index in [-0.39, 0.29) is 5.92 Å². The van der Waals surface area contributed by atoms with E-state index in [1.807, 2.05) is 0 Å². The van der Waals surface area contributed by atoms with Crippen LogP contribution in [0, 0.1) is 5.92 Å². The maximum absolute atomic E-state index is 11.4. The van der Waals surface area contributed by atoms with Crippen LogP contribution in [0.15, 0.2) is 12.7 Å². The predicted octanol–water partition coefficient (Wildman–Crippen LogP) is 1.79. The molecule has 16 heavy (non-hydrogen) atoms. The zero-order chi connectivity index (χ0) is 12.9. The molecule has 0 radical (unpaired) electrons. The minimum absolute atomic E-state index is 0.370. The number of hydrogen-bond acceptors (Lipinski definition) is 3. The van der Waals surface area contributed by atoms with Crippen LogP contribution in [0.1, 0.15) is 27.7 Å². The van der Waals surface area contributed by atoms with E-state index < -0.39 is 23.7 Å². The number of ether oxygens (including phenoxy) is 1. The summed E-state index contributed by atoms with van der Waals surface area (Å²) in [6.07, 6.45) is 0.726. The molecule has 0 heterocycles. The molecule has 0 rings (SSSR count). The minimum Gasteiger partial charge on any atom is -0.480 e. The Morgan fingerprint density at radius 2 is 1.94 bits per heavy atom. The summed E-state index contributed by atoms with van der Waals surface area (Å²) >= 11 is 0. The fourth-order valence-electron chi connectivity index (χ4n) is 0.989. The number of nitrogens with one attached hydrogen (secondary N) is 1. The van der Waals surface area contributed by atoms with Crippen molar-refractivity contribution in [3.8, 4) is 0 Å². The van der Waals surface area contributed by atoms with Crippen LogP contribution in [-0.4, -0.2) is 28.8 Å². The number of alkyl carbamates (subject to hydrolysis) is 1. The Labute approximate surface area is 95.5 Å². The van der Waals surface area contributed by atoms with Crippen LogP contribution in [0.5, 0.6) is 0 Å². The van der Waals surface area contributed by atoms with E-state index in [0.29, 0.717) is 0 Å². The van der Waals surface area contributed by atoms with Crippen molar-refractivity contribution in [1.82, 2.24) is 5.32 Å². The third-order valence-corrected chi connectivity index (χ3v) is 1.84. The van der Waals surface area contributed by atoms with Gasteiger partial charge in [0.05, 0.1) is 0 Å². The topological polar surface area (TPSA) is 75.6 Å². The summed E-state index contributed by atoms with van der Waals surface area (Å²) in [5.41, 5.74) is -0.648. The van der Waals surface area contributed by atoms with Crippen molar-refractivity contribution < 1.29 is 19.4 Å². The van der Waals surface area contributed by atoms with Gasteiger partial charge in [0.25, 0.3) is 0 Å². The van der Waals surface area contributed by atoms with Gasteiger partial charge in [0.2, 0.25) is 0 Å². The van der Waals surface area contributed by atoms with Gasteiger partial charge in [-0.2, -0.15) is 0 Å². The molecule has 1 amide bonds. The first kappa shape index (κ1) is 14.5. The zero-order valence-corrected chi connectivity index (χ0v) is 10.1. The lowest BCUT2D eigenvalue weighted by Gasteiger charge is -2.23. The first-order valence-electron chi connectivity index (χ1n) is 5.02. The number of carbonyl (C=O) groups excluding carboxylic acids is 1. The largest absolute Gasteiger partial charge is 0.480 e. The maximum Gasteiger partial charge on any atom is 0.408 e. The molecule has 2 N–H and O–H groups in total. The molecule has 0 unspecified atom stereocenters. The Morgan fingerprint density at radius 3 is 2.25 bits per heavy atom. The van der Waals surface area contributed by atoms with Gasteiger partial charge in [0.1, 0.15) is 11.6 Å². The number of hydrogen-bond donors (Lipinski definition) is 2. The van der Waals surface area contributed by atoms with Crippen LogP contribution in [-0.2, 0) is 9.53 Å². The molecule has 5 nitrogen and oxygen atoms in total.